The predicted octanol–water partition coefficient (Wildman–Crippen LogP) is 3.39. The van der Waals surface area contributed by atoms with Gasteiger partial charge in [-0.05, 0) is 18.6 Å². The molecule has 0 aliphatic rings. The highest BCUT2D eigenvalue weighted by molar-refractivity contribution is 5.47. The summed E-state index contributed by atoms with van der Waals surface area (Å²) in [5.41, 5.74) is -0.353. The minimum absolute atomic E-state index is 0.0469. The quantitative estimate of drug-likeness (QED) is 0.849. The number of rotatable bonds is 3. The fourth-order valence-corrected chi connectivity index (χ4v) is 1.23. The number of halogens is 5. The zero-order valence-electron chi connectivity index (χ0n) is 9.28. The lowest BCUT2D eigenvalue weighted by atomic mass is 10.1. The first kappa shape index (κ1) is 14.2. The topological polar surface area (TPSA) is 35.8 Å². The number of nitrogens with one attached hydrogen (secondary N) is 1. The molecule has 1 N–H and O–H groups in total. The van der Waals surface area contributed by atoms with E-state index in [0.29, 0.717) is 0 Å². The van der Waals surface area contributed by atoms with Gasteiger partial charge in [0, 0.05) is 12.6 Å². The molecule has 1 atom stereocenters. The Bertz CT molecular complexity index is 476. The van der Waals surface area contributed by atoms with Crippen molar-refractivity contribution in [1.82, 2.24) is 0 Å². The van der Waals surface area contributed by atoms with Gasteiger partial charge in [-0.25, -0.2) is 8.78 Å². The van der Waals surface area contributed by atoms with E-state index in [0.717, 1.165) is 18.2 Å². The normalized spacial score (nSPS) is 12.9. The van der Waals surface area contributed by atoms with Crippen molar-refractivity contribution in [2.75, 3.05) is 11.9 Å². The Morgan fingerprint density at radius 3 is 2.39 bits per heavy atom. The predicted molar refractivity (Wildman–Crippen MR) is 54.7 cm³/mol. The summed E-state index contributed by atoms with van der Waals surface area (Å²) < 4.78 is 63.1. The number of benzene rings is 1. The highest BCUT2D eigenvalue weighted by atomic mass is 19.4. The molecule has 2 nitrogen and oxygen atoms in total. The van der Waals surface area contributed by atoms with Crippen LogP contribution in [0.3, 0.4) is 0 Å². The van der Waals surface area contributed by atoms with Gasteiger partial charge < -0.3 is 5.32 Å². The molecule has 0 heterocycles. The van der Waals surface area contributed by atoms with E-state index in [1.807, 2.05) is 0 Å². The first-order valence-corrected chi connectivity index (χ1v) is 4.91. The van der Waals surface area contributed by atoms with Crippen LogP contribution in [0.2, 0.25) is 0 Å². The van der Waals surface area contributed by atoms with Gasteiger partial charge in [0.15, 0.2) is 5.92 Å². The van der Waals surface area contributed by atoms with Crippen LogP contribution in [0.1, 0.15) is 5.56 Å². The van der Waals surface area contributed by atoms with Gasteiger partial charge in [-0.2, -0.15) is 18.4 Å². The number of hydrogen-bond donors (Lipinski definition) is 1. The van der Waals surface area contributed by atoms with Gasteiger partial charge in [0.2, 0.25) is 0 Å². The lowest BCUT2D eigenvalue weighted by Crippen LogP contribution is -2.28. The molecule has 0 saturated carbocycles. The highest BCUT2D eigenvalue weighted by Gasteiger charge is 2.39. The van der Waals surface area contributed by atoms with Crippen LogP contribution in [0.5, 0.6) is 0 Å². The number of aryl methyl sites for hydroxylation is 1. The second-order valence-electron chi connectivity index (χ2n) is 3.69. The molecule has 0 bridgehead atoms. The SMILES string of the molecule is Cc1cc(F)c(NCC(C#N)C(F)(F)F)cc1F. The molecule has 18 heavy (non-hydrogen) atoms. The summed E-state index contributed by atoms with van der Waals surface area (Å²) in [5, 5.41) is 10.4. The third-order valence-corrected chi connectivity index (χ3v) is 2.30. The Hall–Kier alpha value is -1.84. The summed E-state index contributed by atoms with van der Waals surface area (Å²) in [7, 11) is 0. The van der Waals surface area contributed by atoms with Crippen LogP contribution in [0.25, 0.3) is 0 Å². The van der Waals surface area contributed by atoms with Crippen LogP contribution in [-0.4, -0.2) is 12.7 Å². The van der Waals surface area contributed by atoms with Crippen LogP contribution in [-0.2, 0) is 0 Å². The molecule has 0 aliphatic carbocycles. The van der Waals surface area contributed by atoms with E-state index in [1.54, 1.807) is 0 Å². The van der Waals surface area contributed by atoms with Crippen molar-refractivity contribution in [3.05, 3.63) is 29.3 Å². The number of nitriles is 1. The number of alkyl halides is 3. The third kappa shape index (κ3) is 3.32. The van der Waals surface area contributed by atoms with E-state index in [9.17, 15) is 22.0 Å². The molecule has 1 unspecified atom stereocenters. The molecular formula is C11H9F5N2. The summed E-state index contributed by atoms with van der Waals surface area (Å²) >= 11 is 0. The Labute approximate surface area is 100 Å². The molecule has 0 aromatic heterocycles. The molecule has 0 radical (unpaired) electrons. The van der Waals surface area contributed by atoms with E-state index in [4.69, 9.17) is 5.26 Å². The summed E-state index contributed by atoms with van der Waals surface area (Å²) in [6.07, 6.45) is -4.71. The molecule has 1 aromatic carbocycles. The third-order valence-electron chi connectivity index (χ3n) is 2.30. The summed E-state index contributed by atoms with van der Waals surface area (Å²) in [6.45, 7) is 0.495. The smallest absolute Gasteiger partial charge is 0.381 e. The molecule has 1 aromatic rings. The Balaban J connectivity index is 2.81. The fraction of sp³-hybridized carbons (Fsp3) is 0.364. The second-order valence-corrected chi connectivity index (χ2v) is 3.69. The lowest BCUT2D eigenvalue weighted by molar-refractivity contribution is -0.155. The van der Waals surface area contributed by atoms with Gasteiger partial charge in [0.05, 0.1) is 11.8 Å². The number of hydrogen-bond acceptors (Lipinski definition) is 2. The lowest BCUT2D eigenvalue weighted by Gasteiger charge is -2.15. The molecule has 0 saturated heterocycles. The van der Waals surface area contributed by atoms with Crippen LogP contribution < -0.4 is 5.32 Å². The largest absolute Gasteiger partial charge is 0.406 e. The maximum absolute atomic E-state index is 13.3. The molecule has 1 rings (SSSR count). The first-order chi connectivity index (χ1) is 8.25. The van der Waals surface area contributed by atoms with Gasteiger partial charge in [0.25, 0.3) is 0 Å². The maximum Gasteiger partial charge on any atom is 0.406 e. The van der Waals surface area contributed by atoms with Crippen molar-refractivity contribution in [3.63, 3.8) is 0 Å². The van der Waals surface area contributed by atoms with Gasteiger partial charge >= 0.3 is 6.18 Å². The van der Waals surface area contributed by atoms with E-state index < -0.39 is 36.0 Å². The zero-order valence-corrected chi connectivity index (χ0v) is 9.28. The van der Waals surface area contributed by atoms with E-state index in [1.165, 1.54) is 6.92 Å². The minimum Gasteiger partial charge on any atom is -0.381 e. The molecular weight excluding hydrogens is 255 g/mol. The van der Waals surface area contributed by atoms with Crippen molar-refractivity contribution in [2.45, 2.75) is 13.1 Å². The average Bonchev–Trinajstić information content (AvgIpc) is 2.24. The van der Waals surface area contributed by atoms with Gasteiger partial charge in [-0.15, -0.1) is 0 Å². The van der Waals surface area contributed by atoms with Crippen molar-refractivity contribution in [1.29, 1.82) is 5.26 Å². The van der Waals surface area contributed by atoms with Crippen LogP contribution in [0, 0.1) is 35.8 Å². The molecule has 0 fully saturated rings. The Morgan fingerprint density at radius 2 is 1.89 bits per heavy atom. The van der Waals surface area contributed by atoms with Crippen molar-refractivity contribution >= 4 is 5.69 Å². The van der Waals surface area contributed by atoms with Crippen LogP contribution in [0.4, 0.5) is 27.6 Å². The first-order valence-electron chi connectivity index (χ1n) is 4.91. The van der Waals surface area contributed by atoms with Crippen LogP contribution >= 0.6 is 0 Å². The van der Waals surface area contributed by atoms with E-state index in [2.05, 4.69) is 5.32 Å². The summed E-state index contributed by atoms with van der Waals surface area (Å²) in [5.74, 6) is -3.88. The molecule has 98 valence electrons. The monoisotopic (exact) mass is 264 g/mol. The molecule has 0 aliphatic heterocycles. The fourth-order valence-electron chi connectivity index (χ4n) is 1.23. The van der Waals surface area contributed by atoms with Crippen molar-refractivity contribution in [2.24, 2.45) is 5.92 Å². The van der Waals surface area contributed by atoms with Gasteiger partial charge in [-0.1, -0.05) is 0 Å². The number of anilines is 1. The van der Waals surface area contributed by atoms with E-state index >= 15 is 0 Å². The second kappa shape index (κ2) is 5.21. The summed E-state index contributed by atoms with van der Waals surface area (Å²) in [6, 6.07) is 2.68. The van der Waals surface area contributed by atoms with Crippen LogP contribution in [0.15, 0.2) is 12.1 Å². The standard InChI is InChI=1S/C11H9F5N2/c1-6-2-9(13)10(3-8(6)12)18-5-7(4-17)11(14,15)16/h2-3,7,18H,5H2,1H3. The van der Waals surface area contributed by atoms with Crippen molar-refractivity contribution in [3.8, 4) is 6.07 Å². The zero-order chi connectivity index (χ0) is 13.9. The van der Waals surface area contributed by atoms with E-state index in [-0.39, 0.29) is 5.56 Å². The Morgan fingerprint density at radius 1 is 1.28 bits per heavy atom. The molecule has 7 heteroatoms. The van der Waals surface area contributed by atoms with Crippen molar-refractivity contribution < 1.29 is 22.0 Å². The average molecular weight is 264 g/mol. The highest BCUT2D eigenvalue weighted by Crippen LogP contribution is 2.26. The maximum atomic E-state index is 13.3. The summed E-state index contributed by atoms with van der Waals surface area (Å²) in [4.78, 5) is 0. The number of nitrogens with zero attached hydrogens (tertiary/aromatic N) is 1. The minimum atomic E-state index is -4.71. The van der Waals surface area contributed by atoms with Gasteiger partial charge in [0.1, 0.15) is 11.6 Å². The molecule has 0 spiro atoms. The Kier molecular flexibility index (Phi) is 4.11. The van der Waals surface area contributed by atoms with Gasteiger partial charge in [-0.3, -0.25) is 0 Å². The molecule has 0 amide bonds.